The SMILES string of the molecule is COC(=O)CN(C(C)C)S(=O)(=O)c1ccc(Br)c(N)c1. The van der Waals surface area contributed by atoms with E-state index >= 15 is 0 Å². The molecule has 0 aliphatic carbocycles. The van der Waals surface area contributed by atoms with Crippen LogP contribution in [-0.2, 0) is 19.6 Å². The smallest absolute Gasteiger partial charge is 0.321 e. The molecule has 1 aromatic rings. The highest BCUT2D eigenvalue weighted by atomic mass is 79.9. The van der Waals surface area contributed by atoms with Crippen molar-refractivity contribution in [1.82, 2.24) is 4.31 Å². The summed E-state index contributed by atoms with van der Waals surface area (Å²) in [6.45, 7) is 3.03. The minimum Gasteiger partial charge on any atom is -0.468 e. The van der Waals surface area contributed by atoms with Crippen LogP contribution >= 0.6 is 15.9 Å². The van der Waals surface area contributed by atoms with E-state index < -0.39 is 16.0 Å². The third kappa shape index (κ3) is 3.71. The van der Waals surface area contributed by atoms with E-state index in [-0.39, 0.29) is 17.5 Å². The van der Waals surface area contributed by atoms with Gasteiger partial charge < -0.3 is 10.5 Å². The predicted molar refractivity (Wildman–Crippen MR) is 79.6 cm³/mol. The van der Waals surface area contributed by atoms with E-state index in [9.17, 15) is 13.2 Å². The molecule has 20 heavy (non-hydrogen) atoms. The van der Waals surface area contributed by atoms with Gasteiger partial charge in [-0.05, 0) is 48.0 Å². The highest BCUT2D eigenvalue weighted by Gasteiger charge is 2.29. The Kier molecular flexibility index (Phi) is 5.55. The Morgan fingerprint density at radius 3 is 2.50 bits per heavy atom. The number of sulfonamides is 1. The molecule has 2 N–H and O–H groups in total. The highest BCUT2D eigenvalue weighted by molar-refractivity contribution is 9.10. The Hall–Kier alpha value is -1.12. The van der Waals surface area contributed by atoms with Crippen molar-refractivity contribution < 1.29 is 17.9 Å². The average molecular weight is 365 g/mol. The van der Waals surface area contributed by atoms with Crippen molar-refractivity contribution in [2.75, 3.05) is 19.4 Å². The Labute approximate surface area is 127 Å². The first-order chi connectivity index (χ1) is 9.20. The molecule has 6 nitrogen and oxygen atoms in total. The lowest BCUT2D eigenvalue weighted by Gasteiger charge is -2.24. The van der Waals surface area contributed by atoms with Crippen molar-refractivity contribution in [3.63, 3.8) is 0 Å². The van der Waals surface area contributed by atoms with Gasteiger partial charge in [0.1, 0.15) is 6.54 Å². The van der Waals surface area contributed by atoms with Crippen LogP contribution in [0.3, 0.4) is 0 Å². The number of benzene rings is 1. The van der Waals surface area contributed by atoms with Crippen LogP contribution in [0.25, 0.3) is 0 Å². The fraction of sp³-hybridized carbons (Fsp3) is 0.417. The first-order valence-corrected chi connectivity index (χ1v) is 8.07. The maximum atomic E-state index is 12.5. The summed E-state index contributed by atoms with van der Waals surface area (Å²) < 4.78 is 31.3. The zero-order valence-corrected chi connectivity index (χ0v) is 13.9. The zero-order chi connectivity index (χ0) is 15.5. The van der Waals surface area contributed by atoms with Crippen molar-refractivity contribution >= 4 is 37.6 Å². The summed E-state index contributed by atoms with van der Waals surface area (Å²) in [5.41, 5.74) is 6.01. The van der Waals surface area contributed by atoms with Crippen LogP contribution < -0.4 is 5.73 Å². The molecule has 0 aromatic heterocycles. The largest absolute Gasteiger partial charge is 0.468 e. The molecule has 0 saturated carbocycles. The number of halogens is 1. The molecule has 1 aromatic carbocycles. The first-order valence-electron chi connectivity index (χ1n) is 5.83. The number of rotatable bonds is 5. The lowest BCUT2D eigenvalue weighted by Crippen LogP contribution is -2.41. The van der Waals surface area contributed by atoms with Gasteiger partial charge in [0.2, 0.25) is 10.0 Å². The van der Waals surface area contributed by atoms with Gasteiger partial charge in [0, 0.05) is 16.2 Å². The van der Waals surface area contributed by atoms with E-state index in [0.717, 1.165) is 4.31 Å². The normalized spacial score (nSPS) is 11.9. The van der Waals surface area contributed by atoms with Gasteiger partial charge in [-0.15, -0.1) is 0 Å². The number of nitrogens with two attached hydrogens (primary N) is 1. The molecule has 0 amide bonds. The minimum absolute atomic E-state index is 0.0378. The zero-order valence-electron chi connectivity index (χ0n) is 11.5. The average Bonchev–Trinajstić information content (AvgIpc) is 2.37. The molecule has 0 heterocycles. The monoisotopic (exact) mass is 364 g/mol. The van der Waals surface area contributed by atoms with E-state index in [1.807, 2.05) is 0 Å². The highest BCUT2D eigenvalue weighted by Crippen LogP contribution is 2.25. The van der Waals surface area contributed by atoms with Gasteiger partial charge in [-0.1, -0.05) is 0 Å². The van der Waals surface area contributed by atoms with Gasteiger partial charge in [-0.3, -0.25) is 4.79 Å². The van der Waals surface area contributed by atoms with Crippen LogP contribution in [0.4, 0.5) is 5.69 Å². The number of nitrogen functional groups attached to an aromatic ring is 1. The molecule has 0 fully saturated rings. The Balaban J connectivity index is 3.22. The number of nitrogens with zero attached hydrogens (tertiary/aromatic N) is 1. The number of hydrogen-bond acceptors (Lipinski definition) is 5. The lowest BCUT2D eigenvalue weighted by molar-refractivity contribution is -0.141. The Morgan fingerprint density at radius 1 is 1.45 bits per heavy atom. The Morgan fingerprint density at radius 2 is 2.05 bits per heavy atom. The van der Waals surface area contributed by atoms with Crippen molar-refractivity contribution in [2.45, 2.75) is 24.8 Å². The summed E-state index contributed by atoms with van der Waals surface area (Å²) in [5, 5.41) is 0. The number of anilines is 1. The topological polar surface area (TPSA) is 89.7 Å². The molecule has 0 saturated heterocycles. The summed E-state index contributed by atoms with van der Waals surface area (Å²) in [6, 6.07) is 3.96. The minimum atomic E-state index is -3.81. The standard InChI is InChI=1S/C12H17BrN2O4S/c1-8(2)15(7-12(16)19-3)20(17,18)9-4-5-10(13)11(14)6-9/h4-6,8H,7,14H2,1-3H3. The lowest BCUT2D eigenvalue weighted by atomic mass is 10.3. The number of methoxy groups -OCH3 is 1. The third-order valence-corrected chi connectivity index (χ3v) is 5.40. The fourth-order valence-electron chi connectivity index (χ4n) is 1.55. The molecular formula is C12H17BrN2O4S. The summed E-state index contributed by atoms with van der Waals surface area (Å²) >= 11 is 3.21. The van der Waals surface area contributed by atoms with E-state index in [4.69, 9.17) is 5.73 Å². The second kappa shape index (κ2) is 6.55. The van der Waals surface area contributed by atoms with Crippen LogP contribution in [0.1, 0.15) is 13.8 Å². The van der Waals surface area contributed by atoms with Crippen LogP contribution in [0, 0.1) is 0 Å². The molecule has 0 bridgehead atoms. The van der Waals surface area contributed by atoms with Gasteiger partial charge in [0.25, 0.3) is 0 Å². The number of carbonyl (C=O) groups excluding carboxylic acids is 1. The number of ether oxygens (including phenoxy) is 1. The van der Waals surface area contributed by atoms with Crippen molar-refractivity contribution in [3.05, 3.63) is 22.7 Å². The summed E-state index contributed by atoms with van der Waals surface area (Å²) in [7, 11) is -2.60. The number of esters is 1. The van der Waals surface area contributed by atoms with Crippen LogP contribution in [-0.4, -0.2) is 38.4 Å². The van der Waals surface area contributed by atoms with Gasteiger partial charge >= 0.3 is 5.97 Å². The van der Waals surface area contributed by atoms with Gasteiger partial charge in [0.05, 0.1) is 12.0 Å². The third-order valence-electron chi connectivity index (χ3n) is 2.66. The quantitative estimate of drug-likeness (QED) is 0.632. The molecule has 0 radical (unpaired) electrons. The maximum Gasteiger partial charge on any atom is 0.321 e. The molecule has 0 spiro atoms. The predicted octanol–water partition coefficient (Wildman–Crippen LogP) is 1.60. The van der Waals surface area contributed by atoms with Gasteiger partial charge in [-0.2, -0.15) is 4.31 Å². The molecular weight excluding hydrogens is 348 g/mol. The van der Waals surface area contributed by atoms with Crippen molar-refractivity contribution in [1.29, 1.82) is 0 Å². The molecule has 0 atom stereocenters. The van der Waals surface area contributed by atoms with E-state index in [1.54, 1.807) is 19.9 Å². The second-order valence-electron chi connectivity index (χ2n) is 4.40. The summed E-state index contributed by atoms with van der Waals surface area (Å²) in [5.74, 6) is -0.618. The summed E-state index contributed by atoms with van der Waals surface area (Å²) in [6.07, 6.45) is 0. The van der Waals surface area contributed by atoms with Crippen LogP contribution in [0.15, 0.2) is 27.6 Å². The second-order valence-corrected chi connectivity index (χ2v) is 7.15. The van der Waals surface area contributed by atoms with Gasteiger partial charge in [0.15, 0.2) is 0 Å². The van der Waals surface area contributed by atoms with Gasteiger partial charge in [-0.25, -0.2) is 8.42 Å². The summed E-state index contributed by atoms with van der Waals surface area (Å²) in [4.78, 5) is 11.4. The van der Waals surface area contributed by atoms with Crippen LogP contribution in [0.2, 0.25) is 0 Å². The van der Waals surface area contributed by atoms with Crippen molar-refractivity contribution in [3.8, 4) is 0 Å². The number of carbonyl (C=O) groups is 1. The molecule has 112 valence electrons. The van der Waals surface area contributed by atoms with Crippen molar-refractivity contribution in [2.24, 2.45) is 0 Å². The molecule has 0 unspecified atom stereocenters. The van der Waals surface area contributed by atoms with E-state index in [2.05, 4.69) is 20.7 Å². The Bertz CT molecular complexity index is 601. The molecule has 1 rings (SSSR count). The fourth-order valence-corrected chi connectivity index (χ4v) is 3.42. The first kappa shape index (κ1) is 16.9. The van der Waals surface area contributed by atoms with Crippen LogP contribution in [0.5, 0.6) is 0 Å². The molecule has 0 aliphatic heterocycles. The van der Waals surface area contributed by atoms with E-state index in [1.165, 1.54) is 19.2 Å². The maximum absolute atomic E-state index is 12.5. The number of hydrogen-bond donors (Lipinski definition) is 1. The molecule has 0 aliphatic rings. The molecule has 8 heteroatoms. The van der Waals surface area contributed by atoms with E-state index in [0.29, 0.717) is 10.2 Å².